The van der Waals surface area contributed by atoms with Gasteiger partial charge in [0.05, 0.1) is 17.8 Å². The van der Waals surface area contributed by atoms with Gasteiger partial charge in [-0.2, -0.15) is 0 Å². The Kier molecular flexibility index (Phi) is 3.81. The smallest absolute Gasteiger partial charge is 0.228 e. The van der Waals surface area contributed by atoms with E-state index in [1.165, 1.54) is 18.2 Å². The molecule has 3 N–H and O–H groups in total. The zero-order chi connectivity index (χ0) is 15.8. The first-order valence-corrected chi connectivity index (χ1v) is 7.01. The van der Waals surface area contributed by atoms with Crippen LogP contribution in [-0.2, 0) is 4.79 Å². The van der Waals surface area contributed by atoms with Crippen molar-refractivity contribution in [3.63, 3.8) is 0 Å². The number of hydrogen-bond acceptors (Lipinski definition) is 2. The molecule has 21 heavy (non-hydrogen) atoms. The molecule has 1 aliphatic rings. The minimum absolute atomic E-state index is 0.0415. The number of halogens is 1. The molecule has 1 aromatic rings. The summed E-state index contributed by atoms with van der Waals surface area (Å²) in [5.74, 6) is 4.97. The van der Waals surface area contributed by atoms with Crippen LogP contribution < -0.4 is 11.1 Å². The number of nitrogens with one attached hydrogen (secondary N) is 1. The van der Waals surface area contributed by atoms with Crippen molar-refractivity contribution >= 4 is 11.6 Å². The van der Waals surface area contributed by atoms with Gasteiger partial charge in [-0.3, -0.25) is 4.79 Å². The van der Waals surface area contributed by atoms with E-state index in [-0.39, 0.29) is 35.0 Å². The molecule has 1 saturated carbocycles. The largest absolute Gasteiger partial charge is 0.325 e. The normalized spacial score (nSPS) is 18.6. The average Bonchev–Trinajstić information content (AvgIpc) is 2.80. The van der Waals surface area contributed by atoms with Crippen LogP contribution in [0.3, 0.4) is 0 Å². The Hall–Kier alpha value is -1.86. The summed E-state index contributed by atoms with van der Waals surface area (Å²) in [6.07, 6.45) is 0. The number of carbonyl (C=O) groups excluding carboxylic acids is 1. The second-order valence-electron chi connectivity index (χ2n) is 6.56. The van der Waals surface area contributed by atoms with E-state index in [4.69, 9.17) is 5.73 Å². The number of hydrogen-bond donors (Lipinski definition) is 2. The molecule has 0 aliphatic heterocycles. The maximum atomic E-state index is 13.3. The highest BCUT2D eigenvalue weighted by Gasteiger charge is 2.68. The lowest BCUT2D eigenvalue weighted by Crippen LogP contribution is -2.18. The molecule has 0 unspecified atom stereocenters. The van der Waals surface area contributed by atoms with E-state index in [1.54, 1.807) is 0 Å². The van der Waals surface area contributed by atoms with E-state index in [2.05, 4.69) is 44.9 Å². The first kappa shape index (κ1) is 15.5. The van der Waals surface area contributed by atoms with Crippen molar-refractivity contribution in [3.05, 3.63) is 29.6 Å². The Labute approximate surface area is 125 Å². The van der Waals surface area contributed by atoms with Gasteiger partial charge < -0.3 is 11.1 Å². The molecule has 4 heteroatoms. The third kappa shape index (κ3) is 2.66. The summed E-state index contributed by atoms with van der Waals surface area (Å²) in [5, 5.41) is 2.87. The molecule has 2 rings (SSSR count). The van der Waals surface area contributed by atoms with Crippen LogP contribution in [-0.4, -0.2) is 12.5 Å². The monoisotopic (exact) mass is 288 g/mol. The summed E-state index contributed by atoms with van der Waals surface area (Å²) >= 11 is 0. The van der Waals surface area contributed by atoms with Gasteiger partial charge in [0.2, 0.25) is 5.91 Å². The van der Waals surface area contributed by atoms with Crippen LogP contribution in [0.15, 0.2) is 18.2 Å². The van der Waals surface area contributed by atoms with Crippen LogP contribution in [0.2, 0.25) is 0 Å². The summed E-state index contributed by atoms with van der Waals surface area (Å²) in [5.41, 5.74) is 6.24. The van der Waals surface area contributed by atoms with Crippen LogP contribution in [0.4, 0.5) is 10.1 Å². The van der Waals surface area contributed by atoms with Gasteiger partial charge in [-0.25, -0.2) is 4.39 Å². The fraction of sp³-hybridized carbons (Fsp3) is 0.471. The SMILES string of the molecule is CC1(C)C(C(=O)Nc2ccc(F)cc2C#CCN)C1(C)C. The van der Waals surface area contributed by atoms with Crippen molar-refractivity contribution in [1.82, 2.24) is 0 Å². The summed E-state index contributed by atoms with van der Waals surface area (Å²) in [7, 11) is 0. The van der Waals surface area contributed by atoms with Gasteiger partial charge in [-0.05, 0) is 29.0 Å². The molecule has 0 saturated heterocycles. The van der Waals surface area contributed by atoms with E-state index in [0.717, 1.165) is 0 Å². The molecule has 1 aliphatic carbocycles. The predicted octanol–water partition coefficient (Wildman–Crippen LogP) is 2.76. The summed E-state index contributed by atoms with van der Waals surface area (Å²) in [6, 6.07) is 4.16. The molecule has 0 bridgehead atoms. The van der Waals surface area contributed by atoms with Crippen LogP contribution in [0.25, 0.3) is 0 Å². The van der Waals surface area contributed by atoms with Gasteiger partial charge in [0.1, 0.15) is 5.82 Å². The zero-order valence-electron chi connectivity index (χ0n) is 12.9. The number of benzene rings is 1. The standard InChI is InChI=1S/C17H21FN2O/c1-16(2)14(17(16,3)4)15(21)20-13-8-7-12(18)10-11(13)6-5-9-19/h7-8,10,14H,9,19H2,1-4H3,(H,20,21). The molecule has 3 nitrogen and oxygen atoms in total. The highest BCUT2D eigenvalue weighted by molar-refractivity contribution is 5.97. The van der Waals surface area contributed by atoms with Crippen molar-refractivity contribution in [3.8, 4) is 11.8 Å². The lowest BCUT2D eigenvalue weighted by molar-refractivity contribution is -0.118. The minimum Gasteiger partial charge on any atom is -0.325 e. The molecule has 0 heterocycles. The summed E-state index contributed by atoms with van der Waals surface area (Å²) < 4.78 is 13.3. The molecule has 0 atom stereocenters. The van der Waals surface area contributed by atoms with Gasteiger partial charge in [-0.1, -0.05) is 39.5 Å². The number of amides is 1. The molecule has 0 spiro atoms. The molecule has 1 amide bonds. The molecule has 1 fully saturated rings. The second kappa shape index (κ2) is 5.16. The van der Waals surface area contributed by atoms with Crippen molar-refractivity contribution in [1.29, 1.82) is 0 Å². The van der Waals surface area contributed by atoms with Gasteiger partial charge in [0.25, 0.3) is 0 Å². The first-order chi connectivity index (χ1) is 9.71. The Bertz CT molecular complexity index is 624. The summed E-state index contributed by atoms with van der Waals surface area (Å²) in [4.78, 5) is 12.4. The molecular weight excluding hydrogens is 267 g/mol. The molecule has 0 aromatic heterocycles. The fourth-order valence-corrected chi connectivity index (χ4v) is 2.93. The van der Waals surface area contributed by atoms with Gasteiger partial charge in [0.15, 0.2) is 0 Å². The molecule has 1 aromatic carbocycles. The van der Waals surface area contributed by atoms with Crippen molar-refractivity contribution in [2.75, 3.05) is 11.9 Å². The quantitative estimate of drug-likeness (QED) is 0.822. The number of nitrogens with two attached hydrogens (primary N) is 1. The Morgan fingerprint density at radius 2 is 1.95 bits per heavy atom. The predicted molar refractivity (Wildman–Crippen MR) is 82.0 cm³/mol. The maximum Gasteiger partial charge on any atom is 0.228 e. The van der Waals surface area contributed by atoms with Crippen molar-refractivity contribution < 1.29 is 9.18 Å². The lowest BCUT2D eigenvalue weighted by Gasteiger charge is -2.09. The Morgan fingerprint density at radius 3 is 2.48 bits per heavy atom. The van der Waals surface area contributed by atoms with Gasteiger partial charge in [0, 0.05) is 5.92 Å². The molecule has 112 valence electrons. The topological polar surface area (TPSA) is 55.1 Å². The van der Waals surface area contributed by atoms with Crippen LogP contribution in [0, 0.1) is 34.4 Å². The lowest BCUT2D eigenvalue weighted by atomic mass is 10.0. The highest BCUT2D eigenvalue weighted by Crippen LogP contribution is 2.68. The second-order valence-corrected chi connectivity index (χ2v) is 6.56. The van der Waals surface area contributed by atoms with Crippen LogP contribution >= 0.6 is 0 Å². The van der Waals surface area contributed by atoms with Crippen molar-refractivity contribution in [2.45, 2.75) is 27.7 Å². The number of rotatable bonds is 2. The Balaban J connectivity index is 2.23. The molecular formula is C17H21FN2O. The highest BCUT2D eigenvalue weighted by atomic mass is 19.1. The van der Waals surface area contributed by atoms with E-state index >= 15 is 0 Å². The first-order valence-electron chi connectivity index (χ1n) is 7.01. The number of anilines is 1. The summed E-state index contributed by atoms with van der Waals surface area (Å²) in [6.45, 7) is 8.51. The third-order valence-electron chi connectivity index (χ3n) is 4.85. The minimum atomic E-state index is -0.388. The molecule has 0 radical (unpaired) electrons. The average molecular weight is 288 g/mol. The van der Waals surface area contributed by atoms with E-state index in [0.29, 0.717) is 11.3 Å². The Morgan fingerprint density at radius 1 is 1.33 bits per heavy atom. The van der Waals surface area contributed by atoms with Gasteiger partial charge >= 0.3 is 0 Å². The zero-order valence-corrected chi connectivity index (χ0v) is 12.9. The van der Waals surface area contributed by atoms with E-state index in [9.17, 15) is 9.18 Å². The number of carbonyl (C=O) groups is 1. The van der Waals surface area contributed by atoms with Crippen molar-refractivity contribution in [2.24, 2.45) is 22.5 Å². The van der Waals surface area contributed by atoms with Crippen LogP contribution in [0.1, 0.15) is 33.3 Å². The van der Waals surface area contributed by atoms with Crippen LogP contribution in [0.5, 0.6) is 0 Å². The van der Waals surface area contributed by atoms with E-state index in [1.807, 2.05) is 0 Å². The third-order valence-corrected chi connectivity index (χ3v) is 4.85. The fourth-order valence-electron chi connectivity index (χ4n) is 2.93. The maximum absolute atomic E-state index is 13.3. The van der Waals surface area contributed by atoms with E-state index < -0.39 is 0 Å². The van der Waals surface area contributed by atoms with Gasteiger partial charge in [-0.15, -0.1) is 0 Å².